The van der Waals surface area contributed by atoms with Gasteiger partial charge in [0.1, 0.15) is 0 Å². The first-order chi connectivity index (χ1) is 16.7. The van der Waals surface area contributed by atoms with Crippen molar-refractivity contribution in [1.29, 1.82) is 0 Å². The molecule has 0 radical (unpaired) electrons. The summed E-state index contributed by atoms with van der Waals surface area (Å²) in [5, 5.41) is 41.4. The van der Waals surface area contributed by atoms with Gasteiger partial charge in [-0.2, -0.15) is 0 Å². The van der Waals surface area contributed by atoms with Crippen LogP contribution in [0.1, 0.15) is 12.8 Å². The van der Waals surface area contributed by atoms with E-state index in [-0.39, 0.29) is 0 Å². The van der Waals surface area contributed by atoms with Crippen LogP contribution in [0.4, 0.5) is 0 Å². The predicted molar refractivity (Wildman–Crippen MR) is 133 cm³/mol. The molecule has 0 fully saturated rings. The van der Waals surface area contributed by atoms with Crippen LogP contribution in [-0.2, 0) is 19.2 Å². The fourth-order valence-electron chi connectivity index (χ4n) is 4.69. The van der Waals surface area contributed by atoms with E-state index in [1.54, 1.807) is 91.0 Å². The molecule has 0 saturated heterocycles. The molecule has 0 aliphatic heterocycles. The molecule has 0 aromatic heterocycles. The van der Waals surface area contributed by atoms with Crippen molar-refractivity contribution in [2.24, 2.45) is 5.41 Å². The topological polar surface area (TPSA) is 149 Å². The van der Waals surface area contributed by atoms with E-state index >= 15 is 0 Å². The molecule has 0 saturated carbocycles. The summed E-state index contributed by atoms with van der Waals surface area (Å²) in [7, 11) is -3.50. The van der Waals surface area contributed by atoms with Crippen molar-refractivity contribution in [3.05, 3.63) is 91.0 Å². The Morgan fingerprint density at radius 3 is 1.17 bits per heavy atom. The second-order valence-corrected chi connectivity index (χ2v) is 12.2. The summed E-state index contributed by atoms with van der Waals surface area (Å²) in [6, 6.07) is 26.9. The normalized spacial score (nSPS) is 12.9. The molecule has 0 spiro atoms. The van der Waals surface area contributed by atoms with Gasteiger partial charge in [0.2, 0.25) is 0 Å². The second-order valence-electron chi connectivity index (χ2n) is 8.16. The van der Waals surface area contributed by atoms with Crippen LogP contribution >= 0.6 is 7.26 Å². The van der Waals surface area contributed by atoms with Crippen LogP contribution in [-0.4, -0.2) is 50.0 Å². The maximum atomic E-state index is 12.9. The molecule has 182 valence electrons. The molecular formula is C26H25O8P. The number of hydrogen-bond donors (Lipinski definition) is 4. The Hall–Kier alpha value is -4.03. The van der Waals surface area contributed by atoms with Crippen molar-refractivity contribution in [2.75, 3.05) is 0 Å². The minimum absolute atomic E-state index is 0.481. The van der Waals surface area contributed by atoms with Crippen LogP contribution < -0.4 is 15.9 Å². The molecule has 0 bridgehead atoms. The summed E-state index contributed by atoms with van der Waals surface area (Å²) < 4.78 is 0. The van der Waals surface area contributed by atoms with Crippen LogP contribution in [0.3, 0.4) is 0 Å². The summed E-state index contributed by atoms with van der Waals surface area (Å²) in [5.41, 5.74) is -4.44. The summed E-state index contributed by atoms with van der Waals surface area (Å²) >= 11 is 0. The monoisotopic (exact) mass is 496 g/mol. The van der Waals surface area contributed by atoms with Gasteiger partial charge in [0.15, 0.2) is 0 Å². The van der Waals surface area contributed by atoms with E-state index < -0.39 is 55.1 Å². The van der Waals surface area contributed by atoms with Crippen LogP contribution in [0.25, 0.3) is 0 Å². The van der Waals surface area contributed by atoms with Crippen LogP contribution in [0.5, 0.6) is 0 Å². The molecule has 3 rings (SSSR count). The predicted octanol–water partition coefficient (Wildman–Crippen LogP) is 2.19. The van der Waals surface area contributed by atoms with Crippen molar-refractivity contribution in [3.63, 3.8) is 0 Å². The number of rotatable bonds is 11. The van der Waals surface area contributed by atoms with Crippen molar-refractivity contribution in [1.82, 2.24) is 0 Å². The summed E-state index contributed by atoms with van der Waals surface area (Å²) in [4.78, 5) is 48.4. The fraction of sp³-hybridized carbons (Fsp3) is 0.154. The molecule has 4 N–H and O–H groups in total. The van der Waals surface area contributed by atoms with Crippen LogP contribution in [0.2, 0.25) is 0 Å². The quantitative estimate of drug-likeness (QED) is 0.233. The number of carbonyl (C=O) groups is 4. The number of benzene rings is 3. The zero-order valence-electron chi connectivity index (χ0n) is 18.6. The van der Waals surface area contributed by atoms with Gasteiger partial charge in [-0.05, 0) is 0 Å². The Morgan fingerprint density at radius 2 is 0.914 bits per heavy atom. The summed E-state index contributed by atoms with van der Waals surface area (Å²) in [6.45, 7) is 0. The van der Waals surface area contributed by atoms with Crippen molar-refractivity contribution in [2.45, 2.75) is 18.5 Å². The average molecular weight is 496 g/mol. The third-order valence-electron chi connectivity index (χ3n) is 6.41. The Morgan fingerprint density at radius 1 is 0.600 bits per heavy atom. The van der Waals surface area contributed by atoms with Crippen molar-refractivity contribution < 1.29 is 39.6 Å². The van der Waals surface area contributed by atoms with E-state index in [4.69, 9.17) is 0 Å². The van der Waals surface area contributed by atoms with Crippen molar-refractivity contribution >= 4 is 47.1 Å². The molecule has 3 aromatic rings. The summed E-state index contributed by atoms with van der Waals surface area (Å²) in [6.07, 6.45) is -1.38. The Bertz CT molecular complexity index is 1080. The molecule has 0 aliphatic rings. The Kier molecular flexibility index (Phi) is 7.67. The molecule has 0 aliphatic carbocycles. The zero-order valence-corrected chi connectivity index (χ0v) is 19.6. The third-order valence-corrected chi connectivity index (χ3v) is 11.7. The van der Waals surface area contributed by atoms with Gasteiger partial charge in [-0.3, -0.25) is 0 Å². The van der Waals surface area contributed by atoms with Gasteiger partial charge in [0.05, 0.1) is 0 Å². The van der Waals surface area contributed by atoms with Crippen LogP contribution in [0, 0.1) is 5.41 Å². The molecule has 8 nitrogen and oxygen atoms in total. The average Bonchev–Trinajstić information content (AvgIpc) is 2.85. The molecule has 9 heteroatoms. The van der Waals surface area contributed by atoms with Gasteiger partial charge in [-0.1, -0.05) is 0 Å². The fourth-order valence-corrected chi connectivity index (χ4v) is 10.00. The van der Waals surface area contributed by atoms with Crippen molar-refractivity contribution in [3.8, 4) is 0 Å². The van der Waals surface area contributed by atoms with Gasteiger partial charge in [-0.15, -0.1) is 0 Å². The molecule has 0 amide bonds. The first-order valence-corrected chi connectivity index (χ1v) is 12.9. The third kappa shape index (κ3) is 4.53. The SMILES string of the molecule is O=C(O)C(CCC(C(=O)O)(C(=O)O)C(=O)O)[PH](c1ccccc1)(c1ccccc1)c1ccccc1. The summed E-state index contributed by atoms with van der Waals surface area (Å²) in [5.74, 6) is -7.41. The molecule has 1 atom stereocenters. The molecule has 1 unspecified atom stereocenters. The number of aliphatic carboxylic acids is 4. The zero-order chi connectivity index (χ0) is 25.6. The van der Waals surface area contributed by atoms with Gasteiger partial charge >= 0.3 is 202 Å². The Balaban J connectivity index is 2.32. The van der Waals surface area contributed by atoms with Gasteiger partial charge < -0.3 is 0 Å². The standard InChI is InChI=1S/C26H25O8P/c27-22(28)21(16-17-26(23(29)30,24(31)32)25(33)34)35(18-10-4-1-5-11-18,19-12-6-2-7-13-19)20-14-8-3-9-15-20/h1-15,21,35H,16-17H2,(H,27,28)(H,29,30)(H,31,32)(H,33,34). The second kappa shape index (κ2) is 10.5. The first kappa shape index (κ1) is 25.6. The van der Waals surface area contributed by atoms with Gasteiger partial charge in [0, 0.05) is 0 Å². The van der Waals surface area contributed by atoms with E-state index in [0.29, 0.717) is 0 Å². The number of carboxylic acids is 4. The molecular weight excluding hydrogens is 471 g/mol. The molecule has 35 heavy (non-hydrogen) atoms. The van der Waals surface area contributed by atoms with E-state index in [9.17, 15) is 39.6 Å². The van der Waals surface area contributed by atoms with Gasteiger partial charge in [-0.25, -0.2) is 0 Å². The van der Waals surface area contributed by atoms with E-state index in [0.717, 1.165) is 15.9 Å². The minimum atomic E-state index is -3.50. The Labute approximate surface area is 201 Å². The molecule has 3 aromatic carbocycles. The maximum absolute atomic E-state index is 12.9. The van der Waals surface area contributed by atoms with E-state index in [1.807, 2.05) is 0 Å². The first-order valence-electron chi connectivity index (χ1n) is 10.8. The van der Waals surface area contributed by atoms with Crippen LogP contribution in [0.15, 0.2) is 91.0 Å². The van der Waals surface area contributed by atoms with E-state index in [2.05, 4.69) is 0 Å². The number of hydrogen-bond acceptors (Lipinski definition) is 4. The molecule has 0 heterocycles. The van der Waals surface area contributed by atoms with E-state index in [1.165, 1.54) is 0 Å². The van der Waals surface area contributed by atoms with Gasteiger partial charge in [0.25, 0.3) is 0 Å². The number of carboxylic acid groups (broad SMARTS) is 4.